The van der Waals surface area contributed by atoms with E-state index in [2.05, 4.69) is 182 Å². The normalized spacial score (nSPS) is 16.5. The smallest absolute Gasteiger partial charge is 0.305 e. The van der Waals surface area contributed by atoms with E-state index in [1.165, 1.54) is 6.42 Å². The number of piperidine rings is 3. The number of aliphatic hydroxyl groups excluding tert-OH is 2. The van der Waals surface area contributed by atoms with Crippen molar-refractivity contribution in [3.63, 3.8) is 0 Å². The number of nitrogens with one attached hydrogen (secondary N) is 4. The van der Waals surface area contributed by atoms with Crippen molar-refractivity contribution in [3.05, 3.63) is 209 Å². The Bertz CT molecular complexity index is 3170. The SMILES string of the molecule is CC/C=C\C/C=C\C/C=C\C/C=C\C/C=C\CCCC(=O)O.CC/C=C\C/C=C\C/C=C\C/C=C\C/C=C\CCCC(=O)OCCCN1CCCCC1C(=O)Nc1c(C)cccc1C.Cc1cccc(C)c1NC(=O)C1CCCCN1.Cc1cccc(C)c1NC(=O)C1CCCCN1CCCO.OCCCBr. The number of halogens is 1. The van der Waals surface area contributed by atoms with Crippen LogP contribution in [-0.4, -0.2) is 131 Å². The molecule has 3 saturated heterocycles. The maximum absolute atomic E-state index is 13.1. The van der Waals surface area contributed by atoms with Crippen LogP contribution in [0.4, 0.5) is 17.1 Å². The molecule has 0 saturated carbocycles. The molecule has 15 nitrogen and oxygen atoms in total. The number of anilines is 3. The van der Waals surface area contributed by atoms with E-state index >= 15 is 0 Å². The molecule has 7 N–H and O–H groups in total. The second-order valence-corrected chi connectivity index (χ2v) is 28.2. The summed E-state index contributed by atoms with van der Waals surface area (Å²) in [5.74, 6) is -0.594. The first-order valence-electron chi connectivity index (χ1n) is 40.0. The van der Waals surface area contributed by atoms with Crippen molar-refractivity contribution in [1.29, 1.82) is 0 Å². The fourth-order valence-corrected chi connectivity index (χ4v) is 12.4. The second kappa shape index (κ2) is 64.7. The fraction of sp³-hybridized carbons (Fsp3) is 0.527. The van der Waals surface area contributed by atoms with Crippen LogP contribution in [0.15, 0.2) is 176 Å². The molecule has 3 amide bonds. The van der Waals surface area contributed by atoms with Gasteiger partial charge in [0, 0.05) is 61.5 Å². The molecule has 0 radical (unpaired) electrons. The first-order valence-corrected chi connectivity index (χ1v) is 41.1. The zero-order valence-corrected chi connectivity index (χ0v) is 68.3. The number of para-hydroxylation sites is 3. The Labute approximate surface area is 654 Å². The number of rotatable bonds is 41. The number of nitrogens with zero attached hydrogens (tertiary/aromatic N) is 2. The topological polar surface area (TPSA) is 210 Å². The summed E-state index contributed by atoms with van der Waals surface area (Å²) in [5.41, 5.74) is 9.43. The standard InChI is InChI=1S/C37H54N2O3.C20H30O2.C17H26N2O2.C14H20N2O.C3H7BrO/c1-4-5-6-7-8-9-10-11-12-13-14-15-16-17-18-19-20-28-35(40)42-31-24-30-39-29-22-21-27-34(39)37(41)38-36-32(2)25-23-26-33(36)3;1-2-3-4-5-6-7-8-9-10-11-12-13-14-15-16-17-18-19-20(21)22;1-13-7-5-8-14(2)16(13)18-17(21)15-9-3-4-10-19(15)11-6-12-20;1-10-6-5-7-11(2)13(10)16-14(17)12-8-3-4-9-15-12;4-2-1-3-5/h5-6,8-9,11-12,14-15,17-18,23,25-26,34H,4,7,10,13,16,19-22,24,27-31H2,1-3H3,(H,38,41);3-4,6-7,9-10,12-13,15-16H,2,5,8,11,14,17-19H2,1H3,(H,21,22);5,7-8,15,20H,3-4,6,9-12H2,1-2H3,(H,18,21);5-7,12,15H,3-4,8-9H2,1-2H3,(H,16,17);5H,1-3H2/b6-5-,9-8-,12-11-,15-14-,18-17-;4-3-,7-6-,10-9-,13-12-,16-15-;;;. The number of carbonyl (C=O) groups is 5. The van der Waals surface area contributed by atoms with Gasteiger partial charge in [-0.15, -0.1) is 0 Å². The highest BCUT2D eigenvalue weighted by Gasteiger charge is 2.30. The zero-order chi connectivity index (χ0) is 78.2. The summed E-state index contributed by atoms with van der Waals surface area (Å²) >= 11 is 3.15. The lowest BCUT2D eigenvalue weighted by Gasteiger charge is -2.34. The molecular formula is C91H137BrN6O9. The van der Waals surface area contributed by atoms with Gasteiger partial charge >= 0.3 is 11.9 Å². The molecule has 16 heteroatoms. The number of esters is 1. The number of alkyl halides is 1. The van der Waals surface area contributed by atoms with Gasteiger partial charge in [-0.3, -0.25) is 33.8 Å². The molecule has 0 aromatic heterocycles. The molecular weight excluding hydrogens is 1400 g/mol. The largest absolute Gasteiger partial charge is 0.481 e. The number of benzene rings is 3. The number of aliphatic carboxylic acids is 1. The van der Waals surface area contributed by atoms with Crippen molar-refractivity contribution >= 4 is 62.7 Å². The number of aryl methyl sites for hydroxylation is 6. The second-order valence-electron chi connectivity index (χ2n) is 27.4. The van der Waals surface area contributed by atoms with Crippen LogP contribution in [0, 0.1) is 41.5 Å². The number of ether oxygens (including phenoxy) is 1. The van der Waals surface area contributed by atoms with E-state index in [-0.39, 0.29) is 54.8 Å². The van der Waals surface area contributed by atoms with E-state index < -0.39 is 5.97 Å². The van der Waals surface area contributed by atoms with Crippen molar-refractivity contribution in [2.24, 2.45) is 0 Å². The van der Waals surface area contributed by atoms with Crippen LogP contribution in [0.3, 0.4) is 0 Å². The lowest BCUT2D eigenvalue weighted by atomic mass is 10.0. The van der Waals surface area contributed by atoms with Gasteiger partial charge in [0.2, 0.25) is 17.7 Å². The van der Waals surface area contributed by atoms with Gasteiger partial charge in [0.1, 0.15) is 0 Å². The average Bonchev–Trinajstić information content (AvgIpc) is 0.843. The summed E-state index contributed by atoms with van der Waals surface area (Å²) in [6.07, 6.45) is 69.2. The van der Waals surface area contributed by atoms with Gasteiger partial charge in [0.25, 0.3) is 0 Å². The number of allylic oxidation sites excluding steroid dienone is 20. The molecule has 3 heterocycles. The zero-order valence-electron chi connectivity index (χ0n) is 66.7. The molecule has 0 bridgehead atoms. The monoisotopic (exact) mass is 1540 g/mol. The molecule has 6 rings (SSSR count). The summed E-state index contributed by atoms with van der Waals surface area (Å²) < 4.78 is 5.47. The Balaban J connectivity index is 0.000000505. The number of hydrogen-bond acceptors (Lipinski definition) is 11. The molecule has 107 heavy (non-hydrogen) atoms. The van der Waals surface area contributed by atoms with Gasteiger partial charge in [-0.25, -0.2) is 0 Å². The minimum atomic E-state index is -0.715. The third-order valence-corrected chi connectivity index (χ3v) is 18.8. The third kappa shape index (κ3) is 47.3. The molecule has 3 atom stereocenters. The Morgan fingerprint density at radius 1 is 0.449 bits per heavy atom. The Morgan fingerprint density at radius 3 is 1.13 bits per heavy atom. The van der Waals surface area contributed by atoms with Crippen molar-refractivity contribution in [2.45, 2.75) is 253 Å². The summed E-state index contributed by atoms with van der Waals surface area (Å²) in [5, 5.41) is 39.0. The number of aliphatic hydroxyl groups is 2. The molecule has 3 unspecified atom stereocenters. The maximum Gasteiger partial charge on any atom is 0.305 e. The Kier molecular flexibility index (Phi) is 57.9. The molecule has 0 aliphatic carbocycles. The van der Waals surface area contributed by atoms with Crippen molar-refractivity contribution < 1.29 is 44.0 Å². The minimum Gasteiger partial charge on any atom is -0.481 e. The van der Waals surface area contributed by atoms with Crippen LogP contribution in [0.5, 0.6) is 0 Å². The fourth-order valence-electron chi connectivity index (χ4n) is 12.2. The number of likely N-dealkylation sites (tertiary alicyclic amines) is 2. The maximum atomic E-state index is 13.1. The number of unbranched alkanes of at least 4 members (excludes halogenated alkanes) is 2. The van der Waals surface area contributed by atoms with E-state index in [9.17, 15) is 24.0 Å². The first-order chi connectivity index (χ1) is 52.0. The Morgan fingerprint density at radius 2 is 0.794 bits per heavy atom. The number of carboxylic acids is 1. The lowest BCUT2D eigenvalue weighted by Crippen LogP contribution is -2.47. The highest BCUT2D eigenvalue weighted by Crippen LogP contribution is 2.26. The quantitative estimate of drug-likeness (QED) is 0.0122. The average molecular weight is 1540 g/mol. The first kappa shape index (κ1) is 95.8. The highest BCUT2D eigenvalue weighted by molar-refractivity contribution is 9.09. The van der Waals surface area contributed by atoms with Gasteiger partial charge < -0.3 is 41.3 Å². The van der Waals surface area contributed by atoms with Crippen molar-refractivity contribution in [3.8, 4) is 0 Å². The molecule has 592 valence electrons. The Hall–Kier alpha value is -7.31. The van der Waals surface area contributed by atoms with Crippen LogP contribution >= 0.6 is 15.9 Å². The third-order valence-electron chi connectivity index (χ3n) is 18.2. The van der Waals surface area contributed by atoms with Gasteiger partial charge in [-0.2, -0.15) is 0 Å². The van der Waals surface area contributed by atoms with E-state index in [1.807, 2.05) is 96.1 Å². The summed E-state index contributed by atoms with van der Waals surface area (Å²) in [4.78, 5) is 64.8. The predicted octanol–water partition coefficient (Wildman–Crippen LogP) is 20.6. The predicted molar refractivity (Wildman–Crippen MR) is 455 cm³/mol. The van der Waals surface area contributed by atoms with Crippen molar-refractivity contribution in [1.82, 2.24) is 15.1 Å². The highest BCUT2D eigenvalue weighted by atomic mass is 79.9. The van der Waals surface area contributed by atoms with Crippen LogP contribution in [0.25, 0.3) is 0 Å². The van der Waals surface area contributed by atoms with Gasteiger partial charge in [-0.1, -0.05) is 225 Å². The van der Waals surface area contributed by atoms with E-state index in [4.69, 9.17) is 20.1 Å². The molecule has 3 aliphatic rings. The minimum absolute atomic E-state index is 0.0252. The van der Waals surface area contributed by atoms with E-state index in [0.29, 0.717) is 19.6 Å². The van der Waals surface area contributed by atoms with Gasteiger partial charge in [0.15, 0.2) is 0 Å². The van der Waals surface area contributed by atoms with Gasteiger partial charge in [-0.05, 0) is 242 Å². The molecule has 3 fully saturated rings. The van der Waals surface area contributed by atoms with Crippen LogP contribution < -0.4 is 21.3 Å². The molecule has 0 spiro atoms. The number of carbonyl (C=O) groups excluding carboxylic acids is 4. The molecule has 3 aromatic rings. The van der Waals surface area contributed by atoms with Crippen LogP contribution in [0.1, 0.15) is 227 Å². The number of hydrogen-bond donors (Lipinski definition) is 7. The summed E-state index contributed by atoms with van der Waals surface area (Å²) in [6.45, 7) is 21.7. The van der Waals surface area contributed by atoms with Gasteiger partial charge in [0.05, 0.1) is 24.7 Å². The molecule has 3 aliphatic heterocycles. The van der Waals surface area contributed by atoms with Crippen LogP contribution in [0.2, 0.25) is 0 Å². The summed E-state index contributed by atoms with van der Waals surface area (Å²) in [6, 6.07) is 18.0. The summed E-state index contributed by atoms with van der Waals surface area (Å²) in [7, 11) is 0. The lowest BCUT2D eigenvalue weighted by molar-refractivity contribution is -0.144. The van der Waals surface area contributed by atoms with Crippen LogP contribution in [-0.2, 0) is 28.7 Å². The number of carboxylic acid groups (broad SMARTS) is 1. The van der Waals surface area contributed by atoms with E-state index in [0.717, 1.165) is 249 Å². The van der Waals surface area contributed by atoms with E-state index in [1.54, 1.807) is 0 Å². The van der Waals surface area contributed by atoms with Crippen molar-refractivity contribution in [2.75, 3.05) is 73.8 Å². The number of amides is 3. The molecule has 3 aromatic carbocycles.